The van der Waals surface area contributed by atoms with E-state index in [4.69, 9.17) is 5.73 Å². The average molecular weight is 180 g/mol. The number of carbonyl (C=O) groups is 1. The van der Waals surface area contributed by atoms with Crippen LogP contribution in [0.3, 0.4) is 0 Å². The molecule has 2 aliphatic carbocycles. The van der Waals surface area contributed by atoms with Gasteiger partial charge in [-0.15, -0.1) is 0 Å². The Morgan fingerprint density at radius 2 is 2.31 bits per heavy atom. The zero-order valence-electron chi connectivity index (χ0n) is 8.42. The molecule has 2 bridgehead atoms. The zero-order chi connectivity index (χ0) is 9.64. The van der Waals surface area contributed by atoms with Crippen LogP contribution in [0.1, 0.15) is 33.1 Å². The van der Waals surface area contributed by atoms with Gasteiger partial charge in [0.1, 0.15) is 0 Å². The van der Waals surface area contributed by atoms with Crippen molar-refractivity contribution in [3.63, 3.8) is 0 Å². The second-order valence-corrected chi connectivity index (χ2v) is 5.01. The Morgan fingerprint density at radius 1 is 1.62 bits per heavy atom. The molecule has 2 saturated carbocycles. The van der Waals surface area contributed by atoms with Crippen molar-refractivity contribution in [3.8, 4) is 0 Å². The molecule has 0 unspecified atom stereocenters. The highest BCUT2D eigenvalue weighted by Gasteiger charge is 2.54. The summed E-state index contributed by atoms with van der Waals surface area (Å²) in [7, 11) is 0. The summed E-state index contributed by atoms with van der Waals surface area (Å²) >= 11 is 0. The number of fused-ring (bicyclic) bond motifs is 2. The monoisotopic (exact) mass is 180 g/mol. The van der Waals surface area contributed by atoms with E-state index in [0.29, 0.717) is 11.8 Å². The summed E-state index contributed by atoms with van der Waals surface area (Å²) in [6, 6.07) is 0. The first-order valence-electron chi connectivity index (χ1n) is 5.21. The summed E-state index contributed by atoms with van der Waals surface area (Å²) in [4.78, 5) is 11.3. The molecule has 1 amide bonds. The van der Waals surface area contributed by atoms with Gasteiger partial charge in [-0.05, 0) is 43.4 Å². The van der Waals surface area contributed by atoms with Gasteiger partial charge < -0.3 is 5.73 Å². The van der Waals surface area contributed by atoms with Crippen molar-refractivity contribution in [3.05, 3.63) is 6.42 Å². The predicted octanol–water partition coefficient (Wildman–Crippen LogP) is 1.75. The summed E-state index contributed by atoms with van der Waals surface area (Å²) in [5.74, 6) is 1.92. The van der Waals surface area contributed by atoms with E-state index in [-0.39, 0.29) is 11.3 Å². The second kappa shape index (κ2) is 2.73. The number of primary amides is 1. The Hall–Kier alpha value is -0.530. The van der Waals surface area contributed by atoms with Gasteiger partial charge in [0.15, 0.2) is 0 Å². The van der Waals surface area contributed by atoms with Crippen LogP contribution in [0.5, 0.6) is 0 Å². The van der Waals surface area contributed by atoms with Gasteiger partial charge in [0.25, 0.3) is 0 Å². The van der Waals surface area contributed by atoms with Crippen molar-refractivity contribution in [1.82, 2.24) is 0 Å². The molecule has 2 nitrogen and oxygen atoms in total. The van der Waals surface area contributed by atoms with Crippen LogP contribution in [-0.4, -0.2) is 5.91 Å². The Bertz CT molecular complexity index is 236. The third kappa shape index (κ3) is 1.18. The van der Waals surface area contributed by atoms with Gasteiger partial charge >= 0.3 is 0 Å². The lowest BCUT2D eigenvalue weighted by Crippen LogP contribution is -2.35. The molecule has 2 N–H and O–H groups in total. The van der Waals surface area contributed by atoms with Gasteiger partial charge in [-0.1, -0.05) is 13.8 Å². The van der Waals surface area contributed by atoms with Gasteiger partial charge in [0.05, 0.1) is 5.41 Å². The second-order valence-electron chi connectivity index (χ2n) is 5.01. The molecule has 3 atom stereocenters. The van der Waals surface area contributed by atoms with Gasteiger partial charge in [-0.3, -0.25) is 4.79 Å². The van der Waals surface area contributed by atoms with E-state index in [0.717, 1.165) is 18.8 Å². The van der Waals surface area contributed by atoms with Crippen LogP contribution < -0.4 is 5.73 Å². The molecular weight excluding hydrogens is 162 g/mol. The number of nitrogens with two attached hydrogens (primary N) is 1. The Balaban J connectivity index is 2.17. The number of carbonyl (C=O) groups excluding carboxylic acids is 1. The first-order valence-corrected chi connectivity index (χ1v) is 5.21. The van der Waals surface area contributed by atoms with Gasteiger partial charge in [0.2, 0.25) is 5.91 Å². The Kier molecular flexibility index (Phi) is 1.90. The van der Waals surface area contributed by atoms with Gasteiger partial charge in [0, 0.05) is 0 Å². The minimum atomic E-state index is -0.223. The van der Waals surface area contributed by atoms with Crippen molar-refractivity contribution in [2.45, 2.75) is 33.1 Å². The molecule has 0 saturated heterocycles. The normalized spacial score (nSPS) is 43.0. The molecule has 0 aliphatic heterocycles. The maximum atomic E-state index is 11.3. The summed E-state index contributed by atoms with van der Waals surface area (Å²) in [5, 5.41) is 0. The summed E-state index contributed by atoms with van der Waals surface area (Å²) in [6.07, 6.45) is 5.46. The fourth-order valence-electron chi connectivity index (χ4n) is 3.14. The zero-order valence-corrected chi connectivity index (χ0v) is 8.42. The highest BCUT2D eigenvalue weighted by atomic mass is 16.1. The van der Waals surface area contributed by atoms with Crippen molar-refractivity contribution in [2.75, 3.05) is 0 Å². The molecule has 73 valence electrons. The number of hydrogen-bond donors (Lipinski definition) is 1. The van der Waals surface area contributed by atoms with Crippen molar-refractivity contribution >= 4 is 5.91 Å². The number of hydrogen-bond acceptors (Lipinski definition) is 1. The molecule has 0 aromatic rings. The predicted molar refractivity (Wildman–Crippen MR) is 51.6 cm³/mol. The van der Waals surface area contributed by atoms with Crippen molar-refractivity contribution in [1.29, 1.82) is 0 Å². The fourth-order valence-corrected chi connectivity index (χ4v) is 3.14. The van der Waals surface area contributed by atoms with Crippen LogP contribution in [0.4, 0.5) is 0 Å². The molecule has 0 spiro atoms. The molecule has 0 heterocycles. The fraction of sp³-hybridized carbons (Fsp3) is 0.818. The lowest BCUT2D eigenvalue weighted by molar-refractivity contribution is -0.125. The van der Waals surface area contributed by atoms with E-state index >= 15 is 0 Å². The lowest BCUT2D eigenvalue weighted by atomic mass is 9.75. The topological polar surface area (TPSA) is 43.1 Å². The third-order valence-electron chi connectivity index (χ3n) is 3.90. The molecule has 2 rings (SSSR count). The molecule has 0 aromatic carbocycles. The van der Waals surface area contributed by atoms with E-state index in [9.17, 15) is 4.79 Å². The van der Waals surface area contributed by atoms with Gasteiger partial charge in [-0.2, -0.15) is 0 Å². The van der Waals surface area contributed by atoms with Crippen LogP contribution in [0.25, 0.3) is 0 Å². The van der Waals surface area contributed by atoms with Crippen molar-refractivity contribution < 1.29 is 4.79 Å². The smallest absolute Gasteiger partial charge is 0.223 e. The summed E-state index contributed by atoms with van der Waals surface area (Å²) in [6.45, 7) is 4.47. The third-order valence-corrected chi connectivity index (χ3v) is 3.90. The maximum absolute atomic E-state index is 11.3. The highest BCUT2D eigenvalue weighted by Crippen LogP contribution is 2.57. The summed E-state index contributed by atoms with van der Waals surface area (Å²) < 4.78 is 0. The van der Waals surface area contributed by atoms with Crippen LogP contribution in [0, 0.1) is 29.6 Å². The first-order chi connectivity index (χ1) is 6.05. The molecule has 2 aliphatic rings. The first kappa shape index (κ1) is 9.04. The van der Waals surface area contributed by atoms with E-state index in [1.54, 1.807) is 0 Å². The Labute approximate surface area is 79.9 Å². The van der Waals surface area contributed by atoms with Crippen LogP contribution in [-0.2, 0) is 4.79 Å². The van der Waals surface area contributed by atoms with E-state index in [1.165, 1.54) is 6.42 Å². The van der Waals surface area contributed by atoms with Crippen LogP contribution in [0.15, 0.2) is 0 Å². The van der Waals surface area contributed by atoms with E-state index < -0.39 is 0 Å². The van der Waals surface area contributed by atoms with E-state index in [2.05, 4.69) is 20.3 Å². The lowest BCUT2D eigenvalue weighted by Gasteiger charge is -2.29. The van der Waals surface area contributed by atoms with E-state index in [1.807, 2.05) is 0 Å². The number of amides is 1. The maximum Gasteiger partial charge on any atom is 0.223 e. The quantitative estimate of drug-likeness (QED) is 0.691. The average Bonchev–Trinajstić information content (AvgIpc) is 2.60. The minimum absolute atomic E-state index is 0.0989. The van der Waals surface area contributed by atoms with Crippen LogP contribution in [0.2, 0.25) is 0 Å². The molecular formula is C11H18NO. The molecule has 13 heavy (non-hydrogen) atoms. The van der Waals surface area contributed by atoms with Crippen molar-refractivity contribution in [2.24, 2.45) is 28.9 Å². The SMILES string of the molecule is CC(C)[C@H]1[CH][C@@]2(C(N)=O)CC[C@H]1C2. The van der Waals surface area contributed by atoms with Crippen LogP contribution >= 0.6 is 0 Å². The standard InChI is InChI=1S/C11H18NO/c1-7(2)9-6-11(10(12)13)4-3-8(9)5-11/h6-9H,3-5H2,1-2H3,(H2,12,13)/t8-,9+,11+/m0/s1. The molecule has 1 radical (unpaired) electrons. The largest absolute Gasteiger partial charge is 0.369 e. The molecule has 2 heteroatoms. The molecule has 2 fully saturated rings. The Morgan fingerprint density at radius 3 is 2.69 bits per heavy atom. The highest BCUT2D eigenvalue weighted by molar-refractivity contribution is 5.83. The minimum Gasteiger partial charge on any atom is -0.369 e. The summed E-state index contributed by atoms with van der Waals surface area (Å²) in [5.41, 5.74) is 5.24. The molecule has 0 aromatic heterocycles. The van der Waals surface area contributed by atoms with Gasteiger partial charge in [-0.25, -0.2) is 0 Å². The number of rotatable bonds is 2.